The number of nitrogens with zero attached hydrogens (tertiary/aromatic N) is 8. The summed E-state index contributed by atoms with van der Waals surface area (Å²) in [5, 5.41) is 0. The Hall–Kier alpha value is -7.53. The molecule has 8 heterocycles. The van der Waals surface area contributed by atoms with Crippen molar-refractivity contribution in [1.29, 1.82) is 0 Å². The number of hydrogen-bond donors (Lipinski definition) is 0. The van der Waals surface area contributed by atoms with Crippen LogP contribution in [0.3, 0.4) is 0 Å². The fourth-order valence-corrected chi connectivity index (χ4v) is 15.2. The second-order valence-electron chi connectivity index (χ2n) is 22.2. The van der Waals surface area contributed by atoms with Crippen LogP contribution in [0.2, 0.25) is 0 Å². The van der Waals surface area contributed by atoms with Gasteiger partial charge in [0, 0.05) is 82.3 Å². The van der Waals surface area contributed by atoms with Crippen LogP contribution in [0.4, 0.5) is 0 Å². The zero-order valence-corrected chi connectivity index (χ0v) is 52.3. The monoisotopic (exact) mass is 1270 g/mol. The number of fused-ring (bicyclic) bond motifs is 8. The van der Waals surface area contributed by atoms with Crippen LogP contribution in [0.5, 0.6) is 5.75 Å². The van der Waals surface area contributed by atoms with Crippen LogP contribution >= 0.6 is 0 Å². The van der Waals surface area contributed by atoms with E-state index >= 15 is 0 Å². The van der Waals surface area contributed by atoms with Gasteiger partial charge in [-0.25, -0.2) is 26.8 Å². The van der Waals surface area contributed by atoms with Crippen LogP contribution in [0, 0.1) is 0 Å². The number of ether oxygens (including phenoxy) is 3. The Kier molecular flexibility index (Phi) is 19.1. The molecule has 20 heteroatoms. The summed E-state index contributed by atoms with van der Waals surface area (Å²) in [4.78, 5) is 53.5. The van der Waals surface area contributed by atoms with E-state index in [1.54, 1.807) is 49.6 Å². The molecule has 7 aromatic rings. The normalized spacial score (nSPS) is 15.3. The fraction of sp³-hybridized carbons (Fsp3) is 0.324. The first-order valence-electron chi connectivity index (χ1n) is 30.1. The van der Waals surface area contributed by atoms with Crippen molar-refractivity contribution in [2.24, 2.45) is 0 Å². The van der Waals surface area contributed by atoms with Gasteiger partial charge in [-0.15, -0.1) is 22.1 Å². The van der Waals surface area contributed by atoms with Crippen LogP contribution in [0.1, 0.15) is 102 Å². The van der Waals surface area contributed by atoms with Gasteiger partial charge < -0.3 is 34.0 Å². The van der Waals surface area contributed by atoms with Crippen molar-refractivity contribution < 1.29 is 57.4 Å². The van der Waals surface area contributed by atoms with E-state index in [1.807, 2.05) is 121 Å². The number of rotatable bonds is 19. The van der Waals surface area contributed by atoms with Gasteiger partial charge >= 0.3 is 16.8 Å². The maximum absolute atomic E-state index is 14.4. The van der Waals surface area contributed by atoms with E-state index in [1.165, 1.54) is 8.61 Å². The Morgan fingerprint density at radius 3 is 1.36 bits per heavy atom. The summed E-state index contributed by atoms with van der Waals surface area (Å²) < 4.78 is 76.9. The van der Waals surface area contributed by atoms with E-state index in [4.69, 9.17) is 34.1 Å². The first-order valence-corrected chi connectivity index (χ1v) is 33.0. The van der Waals surface area contributed by atoms with Crippen molar-refractivity contribution >= 4 is 78.2 Å². The smallest absolute Gasteiger partial charge is 0.657 e. The molecule has 0 N–H and O–H groups in total. The van der Waals surface area contributed by atoms with Crippen molar-refractivity contribution in [2.75, 3.05) is 85.9 Å². The summed E-state index contributed by atoms with van der Waals surface area (Å²) in [7, 11) is -6.16. The summed E-state index contributed by atoms with van der Waals surface area (Å²) in [5.74, 6) is 0.347. The molecule has 3 fully saturated rings. The van der Waals surface area contributed by atoms with Crippen molar-refractivity contribution in [2.45, 2.75) is 68.6 Å². The number of piperidine rings is 1. The van der Waals surface area contributed by atoms with Gasteiger partial charge in [0.25, 0.3) is 11.8 Å². The molecular weight excluding hydrogens is 1200 g/mol. The Morgan fingerprint density at radius 2 is 0.898 bits per heavy atom. The number of sulfonamides is 2. The number of amides is 2. The van der Waals surface area contributed by atoms with E-state index < -0.39 is 20.0 Å². The van der Waals surface area contributed by atoms with Crippen LogP contribution < -0.4 is 14.7 Å². The molecule has 12 rings (SSSR count). The Morgan fingerprint density at radius 1 is 0.500 bits per heavy atom. The Balaban J connectivity index is 0.00000800. The molecule has 0 atom stereocenters. The molecule has 0 saturated carbocycles. The summed E-state index contributed by atoms with van der Waals surface area (Å²) in [6.45, 7) is 9.14. The van der Waals surface area contributed by atoms with Crippen molar-refractivity contribution in [3.8, 4) is 50.3 Å². The molecule has 457 valence electrons. The molecule has 17 nitrogen and oxygen atoms in total. The number of hydrogen-bond acceptors (Lipinski definition) is 11. The van der Waals surface area contributed by atoms with Crippen LogP contribution in [-0.2, 0) is 46.3 Å². The molecule has 0 unspecified atom stereocenters. The minimum Gasteiger partial charge on any atom is -0.657 e. The standard InChI is InChI=1S/C68H71N8O9S2.Co/c1-4-84-43-41-76(42-44-85-5-2)87(81,82)52-24-19-48(20-25-52)65-57-30-28-55(70-57)63(46-13-15-49(16-14-46)67(77)73-37-9-10-38-73)54-27-29-56(69-54)64(47-17-22-51(23-18-47)86(79,80)75-39-11-12-40-75)58-31-33-60(71-58)66(61-34-32-59(65)72-61)53-26-21-50(45-62(53)83-3)68(78)74-35-7-6-8-36-74;/h13-34,45H,4-12,35-44H2,1-3H3,(H-,69,70,71,72,77,78);/q-1;+2/p-1. The van der Waals surface area contributed by atoms with Crippen LogP contribution in [0.15, 0.2) is 125 Å². The first kappa shape index (κ1) is 62.1. The molecule has 8 bridgehead atoms. The molecule has 88 heavy (non-hydrogen) atoms. The maximum atomic E-state index is 14.4. The number of aromatic nitrogens is 4. The van der Waals surface area contributed by atoms with E-state index in [0.29, 0.717) is 153 Å². The zero-order chi connectivity index (χ0) is 60.2. The summed E-state index contributed by atoms with van der Waals surface area (Å²) >= 11 is 0. The predicted molar refractivity (Wildman–Crippen MR) is 340 cm³/mol. The topological polar surface area (TPSA) is 197 Å². The predicted octanol–water partition coefficient (Wildman–Crippen LogP) is 11.3. The second kappa shape index (κ2) is 27.1. The molecule has 3 aromatic heterocycles. The Bertz CT molecular complexity index is 4200. The SMILES string of the molecule is CCOCCN(CCOCC)S(=O)(=O)c1ccc(-c2c3nc(c(-c4ccc(C(=O)N5CCCC5)cc4)c4ccc([n-]4)c(-c4ccc(S(=O)(=O)N5CCCC5)cc4)c4nc(c(-c5ccc(C(=O)N6CCCCC6)cc5OC)c5ccc2[n-]5)C=C4)C=C3)cc1.[Co+2]. The summed E-state index contributed by atoms with van der Waals surface area (Å²) in [6, 6.07) is 34.4. The van der Waals surface area contributed by atoms with Gasteiger partial charge in [0.1, 0.15) is 5.75 Å². The van der Waals surface area contributed by atoms with Crippen molar-refractivity contribution in [3.05, 3.63) is 149 Å². The van der Waals surface area contributed by atoms with Gasteiger partial charge in [0.2, 0.25) is 20.0 Å². The number of methoxy groups -OCH3 is 1. The van der Waals surface area contributed by atoms with E-state index in [0.717, 1.165) is 50.5 Å². The molecule has 5 aliphatic heterocycles. The average Bonchev–Trinajstić information content (AvgIpc) is 2.60. The number of likely N-dealkylation sites (tertiary alicyclic amines) is 2. The molecule has 5 aliphatic rings. The molecule has 4 aromatic carbocycles. The Labute approximate surface area is 524 Å². The molecule has 0 spiro atoms. The minimum atomic E-state index is -4.00. The van der Waals surface area contributed by atoms with Crippen LogP contribution in [-0.4, -0.2) is 143 Å². The molecule has 2 amide bonds. The van der Waals surface area contributed by atoms with Crippen LogP contribution in [0.25, 0.3) is 90.9 Å². The van der Waals surface area contributed by atoms with Gasteiger partial charge in [-0.3, -0.25) is 9.59 Å². The number of carbonyl (C=O) groups excluding carboxylic acids is 2. The van der Waals surface area contributed by atoms with Gasteiger partial charge in [-0.1, -0.05) is 60.7 Å². The minimum absolute atomic E-state index is 0. The number of benzene rings is 4. The summed E-state index contributed by atoms with van der Waals surface area (Å²) in [6.07, 6.45) is 14.2. The van der Waals surface area contributed by atoms with E-state index in [2.05, 4.69) is 0 Å². The first-order chi connectivity index (χ1) is 42.3. The van der Waals surface area contributed by atoms with Gasteiger partial charge in [-0.05, 0) is 177 Å². The van der Waals surface area contributed by atoms with Gasteiger partial charge in [-0.2, -0.15) is 8.61 Å². The van der Waals surface area contributed by atoms with Gasteiger partial charge in [0.05, 0.1) is 52.9 Å². The number of carbonyl (C=O) groups is 2. The molecule has 3 saturated heterocycles. The quantitative estimate of drug-likeness (QED) is 0.0694. The third-order valence-electron chi connectivity index (χ3n) is 16.8. The molecule has 1 radical (unpaired) electrons. The maximum Gasteiger partial charge on any atom is 2.00 e. The zero-order valence-electron chi connectivity index (χ0n) is 49.6. The second-order valence-corrected chi connectivity index (χ2v) is 26.0. The largest absolute Gasteiger partial charge is 2.00 e. The third kappa shape index (κ3) is 12.6. The van der Waals surface area contributed by atoms with E-state index in [-0.39, 0.29) is 64.7 Å². The van der Waals surface area contributed by atoms with Gasteiger partial charge in [0.15, 0.2) is 0 Å². The summed E-state index contributed by atoms with van der Waals surface area (Å²) in [5.41, 5.74) is 10.7. The van der Waals surface area contributed by atoms with Crippen molar-refractivity contribution in [1.82, 2.24) is 38.3 Å². The third-order valence-corrected chi connectivity index (χ3v) is 20.6. The van der Waals surface area contributed by atoms with Crippen molar-refractivity contribution in [3.63, 3.8) is 0 Å². The van der Waals surface area contributed by atoms with E-state index in [9.17, 15) is 26.4 Å². The fourth-order valence-electron chi connectivity index (χ4n) is 12.2. The average molecular weight is 1270 g/mol. The molecule has 0 aliphatic carbocycles. The molecular formula is C68H70CoN8O9S2.